The molecule has 27 heavy (non-hydrogen) atoms. The van der Waals surface area contributed by atoms with E-state index in [4.69, 9.17) is 0 Å². The van der Waals surface area contributed by atoms with E-state index in [1.165, 1.54) is 48.3 Å². The number of carbonyl (C=O) groups is 1. The van der Waals surface area contributed by atoms with Gasteiger partial charge in [-0.1, -0.05) is 35.5 Å². The first-order chi connectivity index (χ1) is 12.8. The number of hydrogen-bond acceptors (Lipinski definition) is 3. The highest BCUT2D eigenvalue weighted by Gasteiger charge is 2.34. The Morgan fingerprint density at radius 1 is 1.11 bits per heavy atom. The first kappa shape index (κ1) is 18.6. The second kappa shape index (κ2) is 7.18. The van der Waals surface area contributed by atoms with Gasteiger partial charge in [0.2, 0.25) is 0 Å². The summed E-state index contributed by atoms with van der Waals surface area (Å²) >= 11 is 0. The fourth-order valence-corrected chi connectivity index (χ4v) is 2.54. The maximum atomic E-state index is 13.7. The summed E-state index contributed by atoms with van der Waals surface area (Å²) in [7, 11) is 1.44. The van der Waals surface area contributed by atoms with Gasteiger partial charge in [0.25, 0.3) is 5.91 Å². The zero-order valence-corrected chi connectivity index (χ0v) is 14.1. The lowest BCUT2D eigenvalue weighted by molar-refractivity contribution is -0.137. The van der Waals surface area contributed by atoms with Crippen LogP contribution in [-0.4, -0.2) is 32.8 Å². The van der Waals surface area contributed by atoms with Crippen LogP contribution in [0.15, 0.2) is 54.7 Å². The number of aromatic nitrogens is 3. The predicted octanol–water partition coefficient (Wildman–Crippen LogP) is 3.70. The Labute approximate surface area is 151 Å². The molecule has 1 heterocycles. The molecule has 0 unspecified atom stereocenters. The van der Waals surface area contributed by atoms with Crippen LogP contribution in [0.2, 0.25) is 0 Å². The summed E-state index contributed by atoms with van der Waals surface area (Å²) in [5.74, 6) is -1.05. The highest BCUT2D eigenvalue weighted by Crippen LogP contribution is 2.33. The Balaban J connectivity index is 1.84. The van der Waals surface area contributed by atoms with E-state index in [1.54, 1.807) is 6.07 Å². The quantitative estimate of drug-likeness (QED) is 0.651. The summed E-state index contributed by atoms with van der Waals surface area (Å²) in [6.45, 7) is -0.0164. The van der Waals surface area contributed by atoms with Crippen molar-refractivity contribution in [2.24, 2.45) is 0 Å². The smallest absolute Gasteiger partial charge is 0.336 e. The van der Waals surface area contributed by atoms with E-state index >= 15 is 0 Å². The van der Waals surface area contributed by atoms with Crippen LogP contribution >= 0.6 is 0 Å². The standard InChI is InChI=1S/C18H14F4N4O/c1-25(10-12-6-2-4-8-14(12)19)17(27)15-11-26(24-23-15)16-9-5-3-7-13(16)18(20,21)22/h2-9,11H,10H2,1H3. The minimum Gasteiger partial charge on any atom is -0.336 e. The number of hydrogen-bond donors (Lipinski definition) is 0. The van der Waals surface area contributed by atoms with Gasteiger partial charge in [-0.2, -0.15) is 13.2 Å². The molecular weight excluding hydrogens is 364 g/mol. The number of alkyl halides is 3. The van der Waals surface area contributed by atoms with Crippen LogP contribution < -0.4 is 0 Å². The van der Waals surface area contributed by atoms with Crippen LogP contribution in [0.25, 0.3) is 5.69 Å². The van der Waals surface area contributed by atoms with Gasteiger partial charge in [-0.25, -0.2) is 9.07 Å². The molecule has 0 fully saturated rings. The van der Waals surface area contributed by atoms with Crippen LogP contribution in [0.3, 0.4) is 0 Å². The summed E-state index contributed by atoms with van der Waals surface area (Å²) in [6, 6.07) is 10.8. The van der Waals surface area contributed by atoms with Crippen molar-refractivity contribution in [1.29, 1.82) is 0 Å². The third kappa shape index (κ3) is 3.97. The first-order valence-electron chi connectivity index (χ1n) is 7.85. The number of benzene rings is 2. The molecule has 0 saturated heterocycles. The molecule has 2 aromatic carbocycles. The number of rotatable bonds is 4. The molecule has 0 aliphatic rings. The Bertz CT molecular complexity index is 968. The fourth-order valence-electron chi connectivity index (χ4n) is 2.54. The van der Waals surface area contributed by atoms with Gasteiger partial charge in [0.05, 0.1) is 17.4 Å². The van der Waals surface area contributed by atoms with Gasteiger partial charge in [-0.3, -0.25) is 4.79 Å². The highest BCUT2D eigenvalue weighted by molar-refractivity contribution is 5.91. The van der Waals surface area contributed by atoms with Gasteiger partial charge < -0.3 is 4.90 Å². The Kier molecular flexibility index (Phi) is 4.93. The fraction of sp³-hybridized carbons (Fsp3) is 0.167. The minimum atomic E-state index is -4.58. The SMILES string of the molecule is CN(Cc1ccccc1F)C(=O)c1cn(-c2ccccc2C(F)(F)F)nn1. The first-order valence-corrected chi connectivity index (χ1v) is 7.85. The molecule has 0 aliphatic carbocycles. The van der Waals surface area contributed by atoms with Crippen LogP contribution in [-0.2, 0) is 12.7 Å². The number of carbonyl (C=O) groups excluding carboxylic acids is 1. The van der Waals surface area contributed by atoms with Crippen LogP contribution in [0.4, 0.5) is 17.6 Å². The maximum absolute atomic E-state index is 13.7. The second-order valence-corrected chi connectivity index (χ2v) is 5.82. The number of amides is 1. The van der Waals surface area contributed by atoms with Gasteiger partial charge >= 0.3 is 6.18 Å². The van der Waals surface area contributed by atoms with Crippen molar-refractivity contribution in [3.63, 3.8) is 0 Å². The molecule has 0 bridgehead atoms. The monoisotopic (exact) mass is 378 g/mol. The minimum absolute atomic E-state index is 0.0164. The molecular formula is C18H14F4N4O. The van der Waals surface area contributed by atoms with Gasteiger partial charge in [0, 0.05) is 19.2 Å². The summed E-state index contributed by atoms with van der Waals surface area (Å²) < 4.78 is 54.0. The molecule has 9 heteroatoms. The molecule has 0 atom stereocenters. The van der Waals surface area contributed by atoms with Gasteiger partial charge in [0.1, 0.15) is 5.82 Å². The third-order valence-corrected chi connectivity index (χ3v) is 3.88. The highest BCUT2D eigenvalue weighted by atomic mass is 19.4. The summed E-state index contributed by atoms with van der Waals surface area (Å²) in [4.78, 5) is 13.7. The van der Waals surface area contributed by atoms with Crippen molar-refractivity contribution >= 4 is 5.91 Å². The van der Waals surface area contributed by atoms with Crippen molar-refractivity contribution < 1.29 is 22.4 Å². The average Bonchev–Trinajstić information content (AvgIpc) is 3.12. The van der Waals surface area contributed by atoms with E-state index in [0.717, 1.165) is 16.9 Å². The van der Waals surface area contributed by atoms with E-state index in [1.807, 2.05) is 0 Å². The molecule has 0 N–H and O–H groups in total. The van der Waals surface area contributed by atoms with E-state index in [-0.39, 0.29) is 17.9 Å². The molecule has 1 aromatic heterocycles. The molecule has 140 valence electrons. The van der Waals surface area contributed by atoms with E-state index in [0.29, 0.717) is 5.56 Å². The van der Waals surface area contributed by atoms with Crippen molar-refractivity contribution in [3.8, 4) is 5.69 Å². The summed E-state index contributed by atoms with van der Waals surface area (Å²) in [5.41, 5.74) is -0.976. The van der Waals surface area contributed by atoms with Gasteiger partial charge in [0.15, 0.2) is 5.69 Å². The van der Waals surface area contributed by atoms with Crippen molar-refractivity contribution in [1.82, 2.24) is 19.9 Å². The second-order valence-electron chi connectivity index (χ2n) is 5.82. The lowest BCUT2D eigenvalue weighted by atomic mass is 10.1. The largest absolute Gasteiger partial charge is 0.418 e. The normalized spacial score (nSPS) is 11.4. The van der Waals surface area contributed by atoms with E-state index < -0.39 is 23.5 Å². The number of para-hydroxylation sites is 1. The summed E-state index contributed by atoms with van der Waals surface area (Å²) in [6.07, 6.45) is -3.46. The van der Waals surface area contributed by atoms with Crippen molar-refractivity contribution in [2.45, 2.75) is 12.7 Å². The molecule has 3 rings (SSSR count). The molecule has 0 saturated carbocycles. The average molecular weight is 378 g/mol. The number of nitrogens with zero attached hydrogens (tertiary/aromatic N) is 4. The van der Waals surface area contributed by atoms with Crippen molar-refractivity contribution in [2.75, 3.05) is 7.05 Å². The third-order valence-electron chi connectivity index (χ3n) is 3.88. The Hall–Kier alpha value is -3.23. The van der Waals surface area contributed by atoms with Crippen LogP contribution in [0.1, 0.15) is 21.6 Å². The Morgan fingerprint density at radius 3 is 2.48 bits per heavy atom. The maximum Gasteiger partial charge on any atom is 0.418 e. The lowest BCUT2D eigenvalue weighted by Gasteiger charge is -2.16. The number of halogens is 4. The van der Waals surface area contributed by atoms with Crippen LogP contribution in [0.5, 0.6) is 0 Å². The molecule has 5 nitrogen and oxygen atoms in total. The molecule has 3 aromatic rings. The Morgan fingerprint density at radius 2 is 1.78 bits per heavy atom. The molecule has 0 aliphatic heterocycles. The van der Waals surface area contributed by atoms with Crippen molar-refractivity contribution in [3.05, 3.63) is 77.4 Å². The molecule has 1 amide bonds. The molecule has 0 radical (unpaired) electrons. The zero-order valence-electron chi connectivity index (χ0n) is 14.1. The van der Waals surface area contributed by atoms with Gasteiger partial charge in [-0.15, -0.1) is 5.10 Å². The van der Waals surface area contributed by atoms with Gasteiger partial charge in [-0.05, 0) is 18.2 Å². The van der Waals surface area contributed by atoms with E-state index in [9.17, 15) is 22.4 Å². The van der Waals surface area contributed by atoms with Crippen LogP contribution in [0, 0.1) is 5.82 Å². The van der Waals surface area contributed by atoms with E-state index in [2.05, 4.69) is 10.3 Å². The zero-order chi connectivity index (χ0) is 19.6. The summed E-state index contributed by atoms with van der Waals surface area (Å²) in [5, 5.41) is 7.30. The predicted molar refractivity (Wildman–Crippen MR) is 88.6 cm³/mol. The topological polar surface area (TPSA) is 51.0 Å². The lowest BCUT2D eigenvalue weighted by Crippen LogP contribution is -2.27. The molecule has 0 spiro atoms.